The SMILES string of the molecule is Cc1ccc(S(=O)(=O)NCC2CCN(C(=O)c3ccccc3F)CC2)s1. The molecule has 8 heteroatoms. The molecule has 0 atom stereocenters. The summed E-state index contributed by atoms with van der Waals surface area (Å²) in [5.41, 5.74) is 0.0831. The Bertz CT molecular complexity index is 887. The molecule has 0 spiro atoms. The lowest BCUT2D eigenvalue weighted by Crippen LogP contribution is -2.41. The van der Waals surface area contributed by atoms with Gasteiger partial charge in [-0.05, 0) is 49.9 Å². The Labute approximate surface area is 156 Å². The molecule has 2 aromatic rings. The molecule has 0 saturated carbocycles. The second-order valence-electron chi connectivity index (χ2n) is 6.43. The van der Waals surface area contributed by atoms with Crippen LogP contribution in [0.1, 0.15) is 28.1 Å². The van der Waals surface area contributed by atoms with Crippen molar-refractivity contribution >= 4 is 27.3 Å². The number of aryl methyl sites for hydroxylation is 1. The first kappa shape index (κ1) is 19.0. The molecule has 26 heavy (non-hydrogen) atoms. The predicted octanol–water partition coefficient (Wildman–Crippen LogP) is 3.03. The fourth-order valence-corrected chi connectivity index (χ4v) is 5.44. The molecular formula is C18H21FN2O3S2. The summed E-state index contributed by atoms with van der Waals surface area (Å²) < 4.78 is 41.3. The van der Waals surface area contributed by atoms with Gasteiger partial charge in [0, 0.05) is 24.5 Å². The van der Waals surface area contributed by atoms with Gasteiger partial charge in [-0.1, -0.05) is 12.1 Å². The van der Waals surface area contributed by atoms with Crippen molar-refractivity contribution < 1.29 is 17.6 Å². The third kappa shape index (κ3) is 4.31. The number of rotatable bonds is 5. The van der Waals surface area contributed by atoms with E-state index in [-0.39, 0.29) is 17.4 Å². The Kier molecular flexibility index (Phi) is 5.74. The van der Waals surface area contributed by atoms with E-state index >= 15 is 0 Å². The van der Waals surface area contributed by atoms with Crippen LogP contribution in [0.15, 0.2) is 40.6 Å². The van der Waals surface area contributed by atoms with Crippen LogP contribution in [-0.4, -0.2) is 38.9 Å². The Hall–Kier alpha value is -1.77. The number of sulfonamides is 1. The number of amides is 1. The van der Waals surface area contributed by atoms with Gasteiger partial charge >= 0.3 is 0 Å². The van der Waals surface area contributed by atoms with Gasteiger partial charge in [-0.3, -0.25) is 4.79 Å². The molecule has 1 aromatic heterocycles. The van der Waals surface area contributed by atoms with Crippen LogP contribution in [0.2, 0.25) is 0 Å². The second kappa shape index (κ2) is 7.85. The quantitative estimate of drug-likeness (QED) is 0.845. The first-order valence-corrected chi connectivity index (χ1v) is 10.8. The van der Waals surface area contributed by atoms with Crippen molar-refractivity contribution in [2.45, 2.75) is 24.0 Å². The van der Waals surface area contributed by atoms with Gasteiger partial charge in [0.15, 0.2) is 0 Å². The number of benzene rings is 1. The van der Waals surface area contributed by atoms with E-state index in [9.17, 15) is 17.6 Å². The lowest BCUT2D eigenvalue weighted by molar-refractivity contribution is 0.0687. The summed E-state index contributed by atoms with van der Waals surface area (Å²) in [6, 6.07) is 9.36. The number of hydrogen-bond donors (Lipinski definition) is 1. The molecule has 1 saturated heterocycles. The second-order valence-corrected chi connectivity index (χ2v) is 9.71. The van der Waals surface area contributed by atoms with Gasteiger partial charge in [0.05, 0.1) is 5.56 Å². The van der Waals surface area contributed by atoms with Gasteiger partial charge in [0.2, 0.25) is 10.0 Å². The molecule has 0 aliphatic carbocycles. The summed E-state index contributed by atoms with van der Waals surface area (Å²) in [7, 11) is -3.48. The van der Waals surface area contributed by atoms with Crippen molar-refractivity contribution in [1.82, 2.24) is 9.62 Å². The average molecular weight is 397 g/mol. The van der Waals surface area contributed by atoms with Gasteiger partial charge in [-0.25, -0.2) is 17.5 Å². The van der Waals surface area contributed by atoms with Crippen molar-refractivity contribution in [3.63, 3.8) is 0 Å². The summed E-state index contributed by atoms with van der Waals surface area (Å²) in [5, 5.41) is 0. The molecule has 1 fully saturated rings. The van der Waals surface area contributed by atoms with E-state index in [1.807, 2.05) is 6.92 Å². The normalized spacial score (nSPS) is 16.0. The first-order valence-electron chi connectivity index (χ1n) is 8.47. The summed E-state index contributed by atoms with van der Waals surface area (Å²) >= 11 is 1.25. The highest BCUT2D eigenvalue weighted by molar-refractivity contribution is 7.91. The monoisotopic (exact) mass is 396 g/mol. The molecule has 0 bridgehead atoms. The number of likely N-dealkylation sites (tertiary alicyclic amines) is 1. The fraction of sp³-hybridized carbons (Fsp3) is 0.389. The van der Waals surface area contributed by atoms with E-state index in [4.69, 9.17) is 0 Å². The number of carbonyl (C=O) groups is 1. The van der Waals surface area contributed by atoms with Gasteiger partial charge in [0.1, 0.15) is 10.0 Å². The molecule has 1 N–H and O–H groups in total. The van der Waals surface area contributed by atoms with E-state index in [0.29, 0.717) is 36.7 Å². The van der Waals surface area contributed by atoms with Crippen LogP contribution in [0, 0.1) is 18.7 Å². The van der Waals surface area contributed by atoms with Crippen molar-refractivity contribution in [2.75, 3.05) is 19.6 Å². The minimum atomic E-state index is -3.48. The molecular weight excluding hydrogens is 375 g/mol. The third-order valence-corrected chi connectivity index (χ3v) is 7.46. The summed E-state index contributed by atoms with van der Waals surface area (Å²) in [6.07, 6.45) is 1.37. The van der Waals surface area contributed by atoms with E-state index < -0.39 is 15.8 Å². The number of carbonyl (C=O) groups excluding carboxylic acids is 1. The minimum Gasteiger partial charge on any atom is -0.339 e. The summed E-state index contributed by atoms with van der Waals surface area (Å²) in [5.74, 6) is -0.662. The van der Waals surface area contributed by atoms with Crippen LogP contribution in [0.4, 0.5) is 4.39 Å². The largest absolute Gasteiger partial charge is 0.339 e. The van der Waals surface area contributed by atoms with E-state index in [1.165, 1.54) is 23.5 Å². The van der Waals surface area contributed by atoms with E-state index in [0.717, 1.165) is 4.88 Å². The number of hydrogen-bond acceptors (Lipinski definition) is 4. The average Bonchev–Trinajstić information content (AvgIpc) is 3.08. The fourth-order valence-electron chi connectivity index (χ4n) is 3.00. The van der Waals surface area contributed by atoms with Crippen LogP contribution < -0.4 is 4.72 Å². The van der Waals surface area contributed by atoms with Gasteiger partial charge in [-0.15, -0.1) is 11.3 Å². The first-order chi connectivity index (χ1) is 12.4. The predicted molar refractivity (Wildman–Crippen MR) is 99.3 cm³/mol. The lowest BCUT2D eigenvalue weighted by atomic mass is 9.96. The molecule has 1 aliphatic rings. The number of piperidine rings is 1. The smallest absolute Gasteiger partial charge is 0.256 e. The maximum Gasteiger partial charge on any atom is 0.256 e. The number of nitrogens with zero attached hydrogens (tertiary/aromatic N) is 1. The summed E-state index contributed by atoms with van der Waals surface area (Å²) in [4.78, 5) is 15.0. The molecule has 1 aliphatic heterocycles. The van der Waals surface area contributed by atoms with Crippen molar-refractivity contribution in [3.8, 4) is 0 Å². The molecule has 5 nitrogen and oxygen atoms in total. The molecule has 2 heterocycles. The van der Waals surface area contributed by atoms with Crippen LogP contribution in [0.5, 0.6) is 0 Å². The molecule has 3 rings (SSSR count). The van der Waals surface area contributed by atoms with Crippen molar-refractivity contribution in [2.24, 2.45) is 5.92 Å². The zero-order valence-corrected chi connectivity index (χ0v) is 16.1. The zero-order chi connectivity index (χ0) is 18.7. The number of nitrogens with one attached hydrogen (secondary N) is 1. The number of halogens is 1. The maximum atomic E-state index is 13.8. The highest BCUT2D eigenvalue weighted by Gasteiger charge is 2.26. The Balaban J connectivity index is 1.53. The topological polar surface area (TPSA) is 66.5 Å². The Morgan fingerprint density at radius 2 is 1.92 bits per heavy atom. The van der Waals surface area contributed by atoms with E-state index in [1.54, 1.807) is 29.2 Å². The molecule has 1 amide bonds. The zero-order valence-electron chi connectivity index (χ0n) is 14.4. The van der Waals surface area contributed by atoms with Crippen LogP contribution >= 0.6 is 11.3 Å². The summed E-state index contributed by atoms with van der Waals surface area (Å²) in [6.45, 7) is 3.21. The Morgan fingerprint density at radius 3 is 2.54 bits per heavy atom. The van der Waals surface area contributed by atoms with Crippen molar-refractivity contribution in [1.29, 1.82) is 0 Å². The van der Waals surface area contributed by atoms with Gasteiger partial charge in [-0.2, -0.15) is 0 Å². The van der Waals surface area contributed by atoms with Crippen LogP contribution in [0.3, 0.4) is 0 Å². The number of thiophene rings is 1. The molecule has 0 radical (unpaired) electrons. The standard InChI is InChI=1S/C18H21FN2O3S2/c1-13-6-7-17(25-13)26(23,24)20-12-14-8-10-21(11-9-14)18(22)15-4-2-3-5-16(15)19/h2-7,14,20H,8-12H2,1H3. The molecule has 0 unspecified atom stereocenters. The molecule has 1 aromatic carbocycles. The minimum absolute atomic E-state index is 0.0831. The lowest BCUT2D eigenvalue weighted by Gasteiger charge is -2.32. The van der Waals surface area contributed by atoms with Crippen molar-refractivity contribution in [3.05, 3.63) is 52.7 Å². The van der Waals surface area contributed by atoms with Gasteiger partial charge < -0.3 is 4.90 Å². The molecule has 140 valence electrons. The maximum absolute atomic E-state index is 13.8. The Morgan fingerprint density at radius 1 is 1.23 bits per heavy atom. The van der Waals surface area contributed by atoms with Crippen LogP contribution in [-0.2, 0) is 10.0 Å². The highest BCUT2D eigenvalue weighted by Crippen LogP contribution is 2.23. The van der Waals surface area contributed by atoms with Crippen LogP contribution in [0.25, 0.3) is 0 Å². The third-order valence-electron chi connectivity index (χ3n) is 4.55. The highest BCUT2D eigenvalue weighted by atomic mass is 32.2. The van der Waals surface area contributed by atoms with E-state index in [2.05, 4.69) is 4.72 Å². The van der Waals surface area contributed by atoms with Gasteiger partial charge in [0.25, 0.3) is 5.91 Å².